The van der Waals surface area contributed by atoms with Crippen LogP contribution in [-0.2, 0) is 9.47 Å². The third-order valence-electron chi connectivity index (χ3n) is 4.12. The quantitative estimate of drug-likeness (QED) is 0.539. The van der Waals surface area contributed by atoms with Crippen LogP contribution in [0.5, 0.6) is 5.75 Å². The van der Waals surface area contributed by atoms with Crippen LogP contribution in [0.2, 0.25) is 0 Å². The normalized spacial score (nSPS) is 38.3. The molecule has 7 nitrogen and oxygen atoms in total. The van der Waals surface area contributed by atoms with E-state index in [0.717, 1.165) is 0 Å². The van der Waals surface area contributed by atoms with Gasteiger partial charge in [-0.1, -0.05) is 0 Å². The smallest absolute Gasteiger partial charge is 0.208 e. The Balaban J connectivity index is 2.00. The van der Waals surface area contributed by atoms with E-state index >= 15 is 0 Å². The first-order chi connectivity index (χ1) is 10.1. The molecule has 1 saturated heterocycles. The van der Waals surface area contributed by atoms with Crippen molar-refractivity contribution >= 4 is 5.69 Å². The Hall–Kier alpha value is -1.38. The first-order valence-corrected chi connectivity index (χ1v) is 6.78. The fraction of sp³-hybridized carbons (Fsp3) is 0.571. The van der Waals surface area contributed by atoms with Gasteiger partial charge in [0.15, 0.2) is 0 Å². The lowest BCUT2D eigenvalue weighted by atomic mass is 9.82. The lowest BCUT2D eigenvalue weighted by molar-refractivity contribution is -0.285. The van der Waals surface area contributed by atoms with E-state index in [0.29, 0.717) is 17.0 Å². The third kappa shape index (κ3) is 2.27. The van der Waals surface area contributed by atoms with Crippen molar-refractivity contribution in [1.29, 1.82) is 0 Å². The second-order valence-electron chi connectivity index (χ2n) is 5.36. The molecule has 0 saturated carbocycles. The Morgan fingerprint density at radius 2 is 2.05 bits per heavy atom. The number of fused-ring (bicyclic) bond motifs is 2. The SMILES string of the molecule is CO[C@H]1c2cc(N)ccc2O[C@H]2O[C@H](CO)[C@H](O)[C@H](O)[C@H]21. The van der Waals surface area contributed by atoms with Gasteiger partial charge < -0.3 is 35.3 Å². The number of aliphatic hydroxyl groups excluding tert-OH is 3. The van der Waals surface area contributed by atoms with Gasteiger partial charge in [0, 0.05) is 18.4 Å². The van der Waals surface area contributed by atoms with Crippen LogP contribution in [-0.4, -0.2) is 53.6 Å². The maximum absolute atomic E-state index is 10.3. The average molecular weight is 297 g/mol. The molecule has 0 bridgehead atoms. The topological polar surface area (TPSA) is 114 Å². The predicted molar refractivity (Wildman–Crippen MR) is 72.5 cm³/mol. The molecular weight excluding hydrogens is 278 g/mol. The first kappa shape index (κ1) is 14.6. The predicted octanol–water partition coefficient (Wildman–Crippen LogP) is -0.596. The zero-order chi connectivity index (χ0) is 15.1. The summed E-state index contributed by atoms with van der Waals surface area (Å²) in [6, 6.07) is 5.13. The van der Waals surface area contributed by atoms with Crippen LogP contribution >= 0.6 is 0 Å². The summed E-state index contributed by atoms with van der Waals surface area (Å²) in [6.07, 6.45) is -4.57. The summed E-state index contributed by atoms with van der Waals surface area (Å²) in [5.41, 5.74) is 7.04. The molecule has 0 unspecified atom stereocenters. The number of anilines is 1. The molecule has 3 rings (SSSR count). The summed E-state index contributed by atoms with van der Waals surface area (Å²) in [4.78, 5) is 0. The third-order valence-corrected chi connectivity index (χ3v) is 4.12. The number of methoxy groups -OCH3 is 1. The summed E-state index contributed by atoms with van der Waals surface area (Å²) < 4.78 is 16.8. The van der Waals surface area contributed by atoms with Crippen LogP contribution in [0.15, 0.2) is 18.2 Å². The molecular formula is C14H19NO6. The summed E-state index contributed by atoms with van der Waals surface area (Å²) in [5, 5.41) is 29.6. The molecule has 0 spiro atoms. The highest BCUT2D eigenvalue weighted by molar-refractivity contribution is 5.50. The van der Waals surface area contributed by atoms with E-state index in [1.807, 2.05) is 0 Å². The van der Waals surface area contributed by atoms with Crippen molar-refractivity contribution in [2.24, 2.45) is 5.92 Å². The lowest BCUT2D eigenvalue weighted by Crippen LogP contribution is -2.60. The summed E-state index contributed by atoms with van der Waals surface area (Å²) in [5.74, 6) is -0.0559. The highest BCUT2D eigenvalue weighted by atomic mass is 16.7. The standard InChI is InChI=1S/C14H19NO6/c1-19-13-7-4-6(15)2-3-8(7)20-14-10(13)12(18)11(17)9(5-16)21-14/h2-4,9-14,16-18H,5,15H2,1H3/t9-,10+,11+,12-,13+,14+/m1/s1. The largest absolute Gasteiger partial charge is 0.464 e. The van der Waals surface area contributed by atoms with Gasteiger partial charge in [0.05, 0.1) is 24.7 Å². The van der Waals surface area contributed by atoms with E-state index in [2.05, 4.69) is 0 Å². The number of aliphatic hydroxyl groups is 3. The Kier molecular flexibility index (Phi) is 3.76. The number of nitrogens with two attached hydrogens (primary N) is 1. The number of rotatable bonds is 2. The Morgan fingerprint density at radius 1 is 1.29 bits per heavy atom. The van der Waals surface area contributed by atoms with Gasteiger partial charge in [-0.25, -0.2) is 0 Å². The highest BCUT2D eigenvalue weighted by Gasteiger charge is 2.52. The van der Waals surface area contributed by atoms with Crippen LogP contribution in [0.4, 0.5) is 5.69 Å². The molecule has 0 aliphatic carbocycles. The van der Waals surface area contributed by atoms with E-state index < -0.39 is 43.2 Å². The molecule has 2 aliphatic heterocycles. The first-order valence-electron chi connectivity index (χ1n) is 6.78. The molecule has 1 aromatic carbocycles. The second kappa shape index (κ2) is 5.43. The van der Waals surface area contributed by atoms with E-state index in [4.69, 9.17) is 19.9 Å². The number of ether oxygens (including phenoxy) is 3. The van der Waals surface area contributed by atoms with Gasteiger partial charge in [-0.05, 0) is 18.2 Å². The molecule has 2 heterocycles. The zero-order valence-electron chi connectivity index (χ0n) is 11.5. The zero-order valence-corrected chi connectivity index (χ0v) is 11.5. The molecule has 7 heteroatoms. The minimum Gasteiger partial charge on any atom is -0.464 e. The molecule has 1 fully saturated rings. The van der Waals surface area contributed by atoms with Crippen molar-refractivity contribution in [3.05, 3.63) is 23.8 Å². The van der Waals surface area contributed by atoms with Crippen molar-refractivity contribution in [2.45, 2.75) is 30.7 Å². The van der Waals surface area contributed by atoms with Crippen molar-refractivity contribution in [2.75, 3.05) is 19.5 Å². The number of nitrogen functional groups attached to an aromatic ring is 1. The maximum Gasteiger partial charge on any atom is 0.208 e. The van der Waals surface area contributed by atoms with E-state index in [-0.39, 0.29) is 0 Å². The van der Waals surface area contributed by atoms with Gasteiger partial charge in [0.2, 0.25) is 6.29 Å². The van der Waals surface area contributed by atoms with Gasteiger partial charge in [-0.15, -0.1) is 0 Å². The Labute approximate surface area is 121 Å². The van der Waals surface area contributed by atoms with Crippen LogP contribution in [0.3, 0.4) is 0 Å². The van der Waals surface area contributed by atoms with Gasteiger partial charge in [-0.2, -0.15) is 0 Å². The Morgan fingerprint density at radius 3 is 2.71 bits per heavy atom. The molecule has 1 aromatic rings. The molecule has 0 radical (unpaired) electrons. The summed E-state index contributed by atoms with van der Waals surface area (Å²) in [7, 11) is 1.51. The summed E-state index contributed by atoms with van der Waals surface area (Å²) in [6.45, 7) is -0.406. The van der Waals surface area contributed by atoms with Crippen LogP contribution in [0.25, 0.3) is 0 Å². The molecule has 0 aromatic heterocycles. The molecule has 6 atom stereocenters. The minimum atomic E-state index is -1.21. The van der Waals surface area contributed by atoms with E-state index in [1.54, 1.807) is 18.2 Å². The van der Waals surface area contributed by atoms with Crippen molar-refractivity contribution in [3.8, 4) is 5.75 Å². The van der Waals surface area contributed by atoms with Crippen LogP contribution in [0, 0.1) is 5.92 Å². The van der Waals surface area contributed by atoms with Crippen molar-refractivity contribution in [1.82, 2.24) is 0 Å². The molecule has 2 aliphatic rings. The van der Waals surface area contributed by atoms with E-state index in [9.17, 15) is 15.3 Å². The van der Waals surface area contributed by atoms with Gasteiger partial charge in [-0.3, -0.25) is 0 Å². The van der Waals surface area contributed by atoms with Crippen LogP contribution in [0.1, 0.15) is 11.7 Å². The monoisotopic (exact) mass is 297 g/mol. The van der Waals surface area contributed by atoms with Gasteiger partial charge in [0.1, 0.15) is 18.0 Å². The second-order valence-corrected chi connectivity index (χ2v) is 5.36. The molecule has 0 amide bonds. The van der Waals surface area contributed by atoms with Gasteiger partial charge in [0.25, 0.3) is 0 Å². The number of hydrogen-bond acceptors (Lipinski definition) is 7. The average Bonchev–Trinajstić information content (AvgIpc) is 2.49. The highest BCUT2D eigenvalue weighted by Crippen LogP contribution is 2.46. The molecule has 5 N–H and O–H groups in total. The maximum atomic E-state index is 10.3. The lowest BCUT2D eigenvalue weighted by Gasteiger charge is -2.47. The van der Waals surface area contributed by atoms with Gasteiger partial charge >= 0.3 is 0 Å². The number of benzene rings is 1. The fourth-order valence-corrected chi connectivity index (χ4v) is 3.04. The van der Waals surface area contributed by atoms with E-state index in [1.165, 1.54) is 7.11 Å². The molecule has 116 valence electrons. The Bertz CT molecular complexity index is 524. The molecule has 21 heavy (non-hydrogen) atoms. The van der Waals surface area contributed by atoms with Crippen molar-refractivity contribution in [3.63, 3.8) is 0 Å². The van der Waals surface area contributed by atoms with Crippen LogP contribution < -0.4 is 10.5 Å². The van der Waals surface area contributed by atoms with Crippen molar-refractivity contribution < 1.29 is 29.5 Å². The minimum absolute atomic E-state index is 0.406. The fourth-order valence-electron chi connectivity index (χ4n) is 3.04. The summed E-state index contributed by atoms with van der Waals surface area (Å²) >= 11 is 0. The number of hydrogen-bond donors (Lipinski definition) is 4.